The van der Waals surface area contributed by atoms with Crippen LogP contribution in [0.5, 0.6) is 5.75 Å². The maximum absolute atomic E-state index is 13.7. The van der Waals surface area contributed by atoms with Crippen molar-refractivity contribution in [1.29, 1.82) is 0 Å². The molecule has 49 heavy (non-hydrogen) atoms. The number of nitrogens with one attached hydrogen (secondary N) is 2. The number of carbonyl (C=O) groups is 3. The number of rotatable bonds is 9. The number of benzene rings is 3. The molecule has 2 N–H and O–H groups in total. The summed E-state index contributed by atoms with van der Waals surface area (Å²) in [4.78, 5) is 42.7. The van der Waals surface area contributed by atoms with Gasteiger partial charge in [-0.3, -0.25) is 19.3 Å². The van der Waals surface area contributed by atoms with Crippen LogP contribution < -0.4 is 20.3 Å². The lowest BCUT2D eigenvalue weighted by Gasteiger charge is -2.32. The smallest absolute Gasteiger partial charge is 0.416 e. The van der Waals surface area contributed by atoms with Crippen molar-refractivity contribution in [1.82, 2.24) is 15.5 Å². The SMILES string of the molecule is O=C(NCCN1CCC(C(=O)NC2CCCCC2)CC1)c1ccc(C=C2Oc3ccccc3N(Cc3ccccc3C(F)(F)F)C2=O)cc1. The number of halogens is 3. The summed E-state index contributed by atoms with van der Waals surface area (Å²) >= 11 is 0. The van der Waals surface area contributed by atoms with E-state index < -0.39 is 17.6 Å². The van der Waals surface area contributed by atoms with Crippen LogP contribution in [-0.2, 0) is 22.3 Å². The van der Waals surface area contributed by atoms with E-state index >= 15 is 0 Å². The zero-order chi connectivity index (χ0) is 34.4. The molecule has 11 heteroatoms. The predicted octanol–water partition coefficient (Wildman–Crippen LogP) is 6.56. The van der Waals surface area contributed by atoms with E-state index in [0.29, 0.717) is 41.7 Å². The van der Waals surface area contributed by atoms with Gasteiger partial charge >= 0.3 is 6.18 Å². The fourth-order valence-corrected chi connectivity index (χ4v) is 6.82. The van der Waals surface area contributed by atoms with Gasteiger partial charge in [0.2, 0.25) is 5.91 Å². The number of carbonyl (C=O) groups excluding carboxylic acids is 3. The highest BCUT2D eigenvalue weighted by Crippen LogP contribution is 2.39. The van der Waals surface area contributed by atoms with Gasteiger partial charge in [0.05, 0.1) is 17.8 Å². The van der Waals surface area contributed by atoms with Crippen molar-refractivity contribution in [2.75, 3.05) is 31.1 Å². The summed E-state index contributed by atoms with van der Waals surface area (Å²) in [5, 5.41) is 6.21. The van der Waals surface area contributed by atoms with Gasteiger partial charge in [0, 0.05) is 30.6 Å². The first-order valence-corrected chi connectivity index (χ1v) is 17.0. The molecule has 3 aromatic rings. The predicted molar refractivity (Wildman–Crippen MR) is 181 cm³/mol. The van der Waals surface area contributed by atoms with Crippen molar-refractivity contribution < 1.29 is 32.3 Å². The second-order valence-corrected chi connectivity index (χ2v) is 13.0. The highest BCUT2D eigenvalue weighted by atomic mass is 19.4. The van der Waals surface area contributed by atoms with Gasteiger partial charge in [0.25, 0.3) is 11.8 Å². The maximum Gasteiger partial charge on any atom is 0.416 e. The molecule has 0 radical (unpaired) electrons. The van der Waals surface area contributed by atoms with Crippen molar-refractivity contribution >= 4 is 29.5 Å². The number of alkyl halides is 3. The lowest BCUT2D eigenvalue weighted by molar-refractivity contribution is -0.138. The molecule has 2 fully saturated rings. The van der Waals surface area contributed by atoms with Crippen LogP contribution in [0.3, 0.4) is 0 Å². The molecule has 0 spiro atoms. The zero-order valence-electron chi connectivity index (χ0n) is 27.3. The minimum absolute atomic E-state index is 0.0310. The summed E-state index contributed by atoms with van der Waals surface area (Å²) in [5.41, 5.74) is 0.580. The second kappa shape index (κ2) is 15.3. The van der Waals surface area contributed by atoms with Crippen LogP contribution in [-0.4, -0.2) is 54.8 Å². The molecule has 1 saturated heterocycles. The molecule has 0 atom stereocenters. The number of anilines is 1. The topological polar surface area (TPSA) is 91.0 Å². The number of para-hydroxylation sites is 2. The van der Waals surface area contributed by atoms with E-state index in [9.17, 15) is 27.6 Å². The minimum atomic E-state index is -4.57. The highest BCUT2D eigenvalue weighted by molar-refractivity contribution is 6.09. The van der Waals surface area contributed by atoms with Crippen LogP contribution >= 0.6 is 0 Å². The fraction of sp³-hybridized carbons (Fsp3) is 0.395. The summed E-state index contributed by atoms with van der Waals surface area (Å²) in [6.45, 7) is 2.51. The van der Waals surface area contributed by atoms with E-state index in [1.165, 1.54) is 48.4 Å². The number of likely N-dealkylation sites (tertiary alicyclic amines) is 1. The third-order valence-corrected chi connectivity index (χ3v) is 9.58. The average Bonchev–Trinajstić information content (AvgIpc) is 3.11. The van der Waals surface area contributed by atoms with Gasteiger partial charge in [-0.2, -0.15) is 13.2 Å². The minimum Gasteiger partial charge on any atom is -0.449 e. The Bertz CT molecular complexity index is 1680. The van der Waals surface area contributed by atoms with Gasteiger partial charge in [-0.1, -0.05) is 61.7 Å². The lowest BCUT2D eigenvalue weighted by Crippen LogP contribution is -2.45. The first-order valence-electron chi connectivity index (χ1n) is 17.0. The largest absolute Gasteiger partial charge is 0.449 e. The third-order valence-electron chi connectivity index (χ3n) is 9.58. The first-order chi connectivity index (χ1) is 23.7. The number of amides is 3. The molecule has 0 unspecified atom stereocenters. The fourth-order valence-electron chi connectivity index (χ4n) is 6.82. The monoisotopic (exact) mass is 674 g/mol. The Labute approximate surface area is 284 Å². The molecule has 6 rings (SSSR count). The summed E-state index contributed by atoms with van der Waals surface area (Å²) in [5.74, 6) is -0.260. The molecule has 1 saturated carbocycles. The number of hydrogen-bond donors (Lipinski definition) is 2. The molecule has 258 valence electrons. The summed E-state index contributed by atoms with van der Waals surface area (Å²) in [7, 11) is 0. The van der Waals surface area contributed by atoms with E-state index in [1.54, 1.807) is 48.5 Å². The first kappa shape index (κ1) is 34.2. The number of nitrogens with zero attached hydrogens (tertiary/aromatic N) is 2. The molecule has 2 aliphatic heterocycles. The van der Waals surface area contributed by atoms with Gasteiger partial charge in [-0.05, 0) is 86.3 Å². The average molecular weight is 675 g/mol. The van der Waals surface area contributed by atoms with Gasteiger partial charge < -0.3 is 20.3 Å². The van der Waals surface area contributed by atoms with Crippen LogP contribution in [0.2, 0.25) is 0 Å². The van der Waals surface area contributed by atoms with Crippen LogP contribution in [0.1, 0.15) is 72.0 Å². The Hall–Kier alpha value is -4.64. The van der Waals surface area contributed by atoms with Crippen molar-refractivity contribution in [3.8, 4) is 5.75 Å². The van der Waals surface area contributed by atoms with Gasteiger partial charge in [0.15, 0.2) is 11.5 Å². The number of piperidine rings is 1. The van der Waals surface area contributed by atoms with Crippen LogP contribution in [0.25, 0.3) is 6.08 Å². The van der Waals surface area contributed by atoms with E-state index in [0.717, 1.165) is 44.8 Å². The van der Waals surface area contributed by atoms with Crippen molar-refractivity contribution in [2.24, 2.45) is 5.92 Å². The summed E-state index contributed by atoms with van der Waals surface area (Å²) in [6, 6.07) is 18.9. The lowest BCUT2D eigenvalue weighted by atomic mass is 9.92. The van der Waals surface area contributed by atoms with Crippen molar-refractivity contribution in [2.45, 2.75) is 63.7 Å². The van der Waals surface area contributed by atoms with Crippen molar-refractivity contribution in [3.63, 3.8) is 0 Å². The van der Waals surface area contributed by atoms with Crippen LogP contribution in [0.4, 0.5) is 18.9 Å². The molecule has 8 nitrogen and oxygen atoms in total. The standard InChI is InChI=1S/C38H41F3N4O4/c39-38(40,41)31-11-5-4-8-29(31)25-45-32-12-6-7-13-33(32)49-34(37(45)48)24-26-14-16-27(17-15-26)35(46)42-20-23-44-21-18-28(19-22-44)36(47)43-30-9-2-1-3-10-30/h4-8,11-17,24,28,30H,1-3,9-10,18-23,25H2,(H,42,46)(H,43,47). The Morgan fingerprint density at radius 2 is 1.57 bits per heavy atom. The van der Waals surface area contributed by atoms with E-state index in [-0.39, 0.29) is 35.6 Å². The second-order valence-electron chi connectivity index (χ2n) is 13.0. The molecule has 3 aromatic carbocycles. The molecule has 0 aromatic heterocycles. The Balaban J connectivity index is 1.02. The van der Waals surface area contributed by atoms with Gasteiger partial charge in [-0.25, -0.2) is 0 Å². The van der Waals surface area contributed by atoms with Gasteiger partial charge in [-0.15, -0.1) is 0 Å². The molecule has 1 aliphatic carbocycles. The zero-order valence-corrected chi connectivity index (χ0v) is 27.3. The number of hydrogen-bond acceptors (Lipinski definition) is 5. The quantitative estimate of drug-likeness (QED) is 0.251. The van der Waals surface area contributed by atoms with Crippen LogP contribution in [0, 0.1) is 5.92 Å². The molecule has 2 heterocycles. The highest BCUT2D eigenvalue weighted by Gasteiger charge is 2.36. The van der Waals surface area contributed by atoms with E-state index in [2.05, 4.69) is 15.5 Å². The van der Waals surface area contributed by atoms with Gasteiger partial charge in [0.1, 0.15) is 0 Å². The Morgan fingerprint density at radius 3 is 2.31 bits per heavy atom. The number of fused-ring (bicyclic) bond motifs is 1. The van der Waals surface area contributed by atoms with E-state index in [4.69, 9.17) is 4.74 Å². The van der Waals surface area contributed by atoms with Crippen molar-refractivity contribution in [3.05, 3.63) is 101 Å². The number of ether oxygens (including phenoxy) is 1. The molecule has 3 aliphatic rings. The Morgan fingerprint density at radius 1 is 0.878 bits per heavy atom. The molecular weight excluding hydrogens is 633 g/mol. The van der Waals surface area contributed by atoms with Crippen LogP contribution in [0.15, 0.2) is 78.6 Å². The molecule has 3 amide bonds. The Kier molecular flexibility index (Phi) is 10.7. The normalized spacial score (nSPS) is 18.6. The maximum atomic E-state index is 13.7. The van der Waals surface area contributed by atoms with E-state index in [1.807, 2.05) is 0 Å². The summed E-state index contributed by atoms with van der Waals surface area (Å²) in [6.07, 6.45) is 4.39. The molecular formula is C38H41F3N4O4. The summed E-state index contributed by atoms with van der Waals surface area (Å²) < 4.78 is 47.1. The third kappa shape index (κ3) is 8.51. The molecule has 0 bridgehead atoms.